The van der Waals surface area contributed by atoms with E-state index >= 15 is 0 Å². The van der Waals surface area contributed by atoms with Gasteiger partial charge in [-0.15, -0.1) is 4.63 Å². The number of nitrogens with one attached hydrogen (secondary N) is 1. The maximum absolute atomic E-state index is 12.3. The molecule has 1 aromatic heterocycles. The van der Waals surface area contributed by atoms with E-state index in [1.165, 1.54) is 17.6 Å². The van der Waals surface area contributed by atoms with Crippen LogP contribution in [0.2, 0.25) is 0 Å². The average molecular weight is 333 g/mol. The number of rotatable bonds is 4. The summed E-state index contributed by atoms with van der Waals surface area (Å²) in [5.74, 6) is 0. The van der Waals surface area contributed by atoms with E-state index in [4.69, 9.17) is 0 Å². The van der Waals surface area contributed by atoms with Crippen LogP contribution in [-0.2, 0) is 0 Å². The Labute approximate surface area is 132 Å². The normalized spacial score (nSPS) is 10.8. The molecular weight excluding hydrogens is 326 g/mol. The molecule has 0 atom stereocenters. The van der Waals surface area contributed by atoms with Crippen molar-refractivity contribution in [3.63, 3.8) is 0 Å². The van der Waals surface area contributed by atoms with Crippen LogP contribution in [-0.4, -0.2) is 0 Å². The minimum absolute atomic E-state index is 0.00735. The third kappa shape index (κ3) is 2.46. The first-order valence-corrected chi connectivity index (χ1v) is 6.33. The Kier molecular flexibility index (Phi) is 3.70. The van der Waals surface area contributed by atoms with Gasteiger partial charge in [-0.1, -0.05) is 0 Å². The van der Waals surface area contributed by atoms with Crippen molar-refractivity contribution in [2.24, 2.45) is 0 Å². The summed E-state index contributed by atoms with van der Waals surface area (Å²) < 4.78 is 4.26. The van der Waals surface area contributed by atoms with Gasteiger partial charge in [0.1, 0.15) is 9.81 Å². The molecule has 0 saturated heterocycles. The summed E-state index contributed by atoms with van der Waals surface area (Å²) >= 11 is 0. The Balaban J connectivity index is 2.02. The zero-order valence-electron chi connectivity index (χ0n) is 11.6. The molecule has 2 aromatic carbocycles. The molecule has 0 radical (unpaired) electrons. The second-order valence-electron chi connectivity index (χ2n) is 4.62. The van der Waals surface area contributed by atoms with Crippen LogP contribution in [0, 0.1) is 31.2 Å². The summed E-state index contributed by atoms with van der Waals surface area (Å²) in [6.07, 6.45) is 0. The molecule has 12 heteroatoms. The number of hydrogen-bond donors (Lipinski definition) is 1. The lowest BCUT2D eigenvalue weighted by Gasteiger charge is -2.40. The molecular formula is C12H7N5O7-4. The molecule has 0 aliphatic rings. The lowest BCUT2D eigenvalue weighted by atomic mass is 10.2. The van der Waals surface area contributed by atoms with Gasteiger partial charge < -0.3 is 36.6 Å². The highest BCUT2D eigenvalue weighted by Crippen LogP contribution is 2.33. The Bertz CT molecular complexity index is 897. The van der Waals surface area contributed by atoms with Crippen molar-refractivity contribution in [2.45, 2.75) is 0 Å². The van der Waals surface area contributed by atoms with Gasteiger partial charge >= 0.3 is 11.0 Å². The summed E-state index contributed by atoms with van der Waals surface area (Å²) in [6.45, 7) is 0. The van der Waals surface area contributed by atoms with E-state index in [1.807, 2.05) is 0 Å². The monoisotopic (exact) mass is 333 g/mol. The lowest BCUT2D eigenvalue weighted by Crippen LogP contribution is -2.30. The topological polar surface area (TPSA) is 178 Å². The fraction of sp³-hybridized carbons (Fsp3) is 0. The molecule has 24 heavy (non-hydrogen) atoms. The van der Waals surface area contributed by atoms with Gasteiger partial charge in [-0.05, 0) is 24.3 Å². The Morgan fingerprint density at radius 3 is 2.17 bits per heavy atom. The molecule has 126 valence electrons. The molecule has 0 spiro atoms. The molecule has 0 fully saturated rings. The van der Waals surface area contributed by atoms with Gasteiger partial charge in [-0.2, -0.15) is 0 Å². The zero-order valence-corrected chi connectivity index (χ0v) is 11.6. The van der Waals surface area contributed by atoms with Gasteiger partial charge in [0.25, 0.3) is 0 Å². The highest BCUT2D eigenvalue weighted by Gasteiger charge is 2.22. The first kappa shape index (κ1) is 15.6. The van der Waals surface area contributed by atoms with Crippen molar-refractivity contribution in [2.75, 3.05) is 15.8 Å². The lowest BCUT2D eigenvalue weighted by molar-refractivity contribution is -0.986. The van der Waals surface area contributed by atoms with Crippen LogP contribution in [0.5, 0.6) is 0 Å². The predicted octanol–water partition coefficient (Wildman–Crippen LogP) is 1.05. The number of anilines is 4. The number of fused-ring (bicyclic) bond motifs is 1. The highest BCUT2D eigenvalue weighted by atomic mass is 16.9. The number of hydrogen-bond acceptors (Lipinski definition) is 10. The average Bonchev–Trinajstić information content (AvgIpc) is 2.87. The fourth-order valence-corrected chi connectivity index (χ4v) is 2.13. The molecule has 0 aliphatic carbocycles. The first-order chi connectivity index (χ1) is 11.4. The minimum Gasteiger partial charge on any atom is -0.769 e. The Morgan fingerprint density at radius 1 is 0.875 bits per heavy atom. The highest BCUT2D eigenvalue weighted by molar-refractivity contribution is 5.81. The van der Waals surface area contributed by atoms with Gasteiger partial charge in [0, 0.05) is 34.9 Å². The first-order valence-electron chi connectivity index (χ1n) is 6.33. The summed E-state index contributed by atoms with van der Waals surface area (Å²) in [5, 5.41) is 67.0. The maximum atomic E-state index is 12.3. The minimum atomic E-state index is -0.774. The fourth-order valence-electron chi connectivity index (χ4n) is 2.13. The molecule has 0 unspecified atom stereocenters. The van der Waals surface area contributed by atoms with Crippen molar-refractivity contribution >= 4 is 33.8 Å². The molecule has 0 amide bonds. The third-order valence-corrected chi connectivity index (χ3v) is 3.26. The van der Waals surface area contributed by atoms with E-state index in [1.54, 1.807) is 0 Å². The van der Waals surface area contributed by atoms with Gasteiger partial charge in [-0.3, -0.25) is 10.4 Å². The van der Waals surface area contributed by atoms with Crippen molar-refractivity contribution < 1.29 is 14.4 Å². The van der Waals surface area contributed by atoms with E-state index in [9.17, 15) is 31.2 Å². The van der Waals surface area contributed by atoms with Crippen LogP contribution in [0.1, 0.15) is 0 Å². The Morgan fingerprint density at radius 2 is 1.50 bits per heavy atom. The molecule has 1 heterocycles. The van der Waals surface area contributed by atoms with Crippen molar-refractivity contribution in [3.8, 4) is 0 Å². The number of benzene rings is 2. The van der Waals surface area contributed by atoms with E-state index in [2.05, 4.69) is 4.63 Å². The molecule has 3 aromatic rings. The number of aromatic nitrogens is 2. The zero-order chi connectivity index (χ0) is 17.4. The second kappa shape index (κ2) is 5.71. The summed E-state index contributed by atoms with van der Waals surface area (Å²) in [5.41, 5.74) is 0.135. The van der Waals surface area contributed by atoms with Crippen molar-refractivity contribution in [1.29, 1.82) is 0 Å². The maximum Gasteiger partial charge on any atom is 0.352 e. The predicted molar refractivity (Wildman–Crippen MR) is 82.3 cm³/mol. The quantitative estimate of drug-likeness (QED) is 0.535. The van der Waals surface area contributed by atoms with Gasteiger partial charge in [0.15, 0.2) is 0 Å². The van der Waals surface area contributed by atoms with E-state index in [-0.39, 0.29) is 37.9 Å². The molecule has 0 bridgehead atoms. The van der Waals surface area contributed by atoms with Crippen LogP contribution in [0.15, 0.2) is 41.0 Å². The van der Waals surface area contributed by atoms with Crippen molar-refractivity contribution in [1.82, 2.24) is 0 Å². The smallest absolute Gasteiger partial charge is 0.352 e. The molecule has 3 rings (SSSR count). The summed E-state index contributed by atoms with van der Waals surface area (Å²) in [6, 6.07) is 6.71. The van der Waals surface area contributed by atoms with Crippen LogP contribution < -0.4 is 25.6 Å². The van der Waals surface area contributed by atoms with Crippen LogP contribution in [0.25, 0.3) is 11.0 Å². The molecule has 12 nitrogen and oxygen atoms in total. The van der Waals surface area contributed by atoms with Crippen LogP contribution >= 0.6 is 0 Å². The largest absolute Gasteiger partial charge is 0.769 e. The van der Waals surface area contributed by atoms with Crippen LogP contribution in [0.4, 0.5) is 22.7 Å². The van der Waals surface area contributed by atoms with E-state index in [0.717, 1.165) is 24.3 Å². The summed E-state index contributed by atoms with van der Waals surface area (Å²) in [4.78, 5) is -0.0628. The van der Waals surface area contributed by atoms with E-state index in [0.29, 0.717) is 5.06 Å². The molecule has 0 aliphatic heterocycles. The van der Waals surface area contributed by atoms with Gasteiger partial charge in [0.2, 0.25) is 0 Å². The standard InChI is InChI=1S/C12H7N5O7/c18-13-9-5-7(1-3-10(9)15(20)21)14(19)8-2-4-11-12(6-8)17(23)24-16(11)22/h1-6,13H/q-4. The van der Waals surface area contributed by atoms with Gasteiger partial charge in [-0.25, -0.2) is 0 Å². The number of nitrogens with zero attached hydrogens (tertiary/aromatic N) is 4. The molecule has 0 saturated carbocycles. The van der Waals surface area contributed by atoms with Crippen molar-refractivity contribution in [3.05, 3.63) is 67.6 Å². The second-order valence-corrected chi connectivity index (χ2v) is 4.62. The van der Waals surface area contributed by atoms with Crippen LogP contribution in [0.3, 0.4) is 0 Å². The SMILES string of the molecule is [O-]Nc1cc(N([O-])c2ccc3c(c2)[n+]([O-])o[n+]3[O-])ccc1N([O-])[O-]. The third-order valence-electron chi connectivity index (χ3n) is 3.26. The van der Waals surface area contributed by atoms with Gasteiger partial charge in [0.05, 0.1) is 0 Å². The Hall–Kier alpha value is -3.32. The molecule has 1 N–H and O–H groups in total. The van der Waals surface area contributed by atoms with E-state index < -0.39 is 10.9 Å². The summed E-state index contributed by atoms with van der Waals surface area (Å²) in [7, 11) is 0.